The number of hydrogen-bond acceptors (Lipinski definition) is 4. The van der Waals surface area contributed by atoms with Crippen LogP contribution in [0.5, 0.6) is 0 Å². The van der Waals surface area contributed by atoms with Crippen LogP contribution in [0.15, 0.2) is 0 Å². The van der Waals surface area contributed by atoms with Gasteiger partial charge in [-0.3, -0.25) is 0 Å². The first-order valence-corrected chi connectivity index (χ1v) is 2.97. The predicted molar refractivity (Wildman–Crippen MR) is 23.3 cm³/mol. The maximum absolute atomic E-state index is 8.47. The third-order valence-electron chi connectivity index (χ3n) is 0.274. The number of rotatable bonds is 0. The summed E-state index contributed by atoms with van der Waals surface area (Å²) >= 11 is -1.44. The Hall–Kier alpha value is -0.431. The van der Waals surface area contributed by atoms with Gasteiger partial charge in [-0.1, -0.05) is 0 Å². The molecule has 1 N–H and O–H groups in total. The molecule has 0 aliphatic carbocycles. The second-order valence-electron chi connectivity index (χ2n) is 1.73. The van der Waals surface area contributed by atoms with Gasteiger partial charge in [-0.25, -0.2) is 0 Å². The van der Waals surface area contributed by atoms with E-state index in [0.717, 1.165) is 0 Å². The number of nitrogens with zero attached hydrogens (tertiary/aromatic N) is 1. The summed E-state index contributed by atoms with van der Waals surface area (Å²) < 4.78 is 16.8. The Morgan fingerprint density at radius 1 is 1.56 bits per heavy atom. The van der Waals surface area contributed by atoms with Gasteiger partial charge < -0.3 is 5.11 Å². The van der Waals surface area contributed by atoms with E-state index in [-0.39, 0.29) is 0 Å². The molecule has 0 aliphatic rings. The van der Waals surface area contributed by atoms with Crippen molar-refractivity contribution in [3.05, 3.63) is 0 Å². The van der Waals surface area contributed by atoms with Crippen molar-refractivity contribution in [2.75, 3.05) is 0 Å². The van der Waals surface area contributed by atoms with Gasteiger partial charge in [0, 0.05) is 0 Å². The van der Waals surface area contributed by atoms with E-state index in [4.69, 9.17) is 18.0 Å². The Morgan fingerprint density at radius 2 is 1.67 bits per heavy atom. The molecule has 0 amide bonds. The quantitative estimate of drug-likeness (QED) is 0.413. The van der Waals surface area contributed by atoms with Gasteiger partial charge in [0.1, 0.15) is 5.60 Å². The van der Waals surface area contributed by atoms with Crippen molar-refractivity contribution in [1.29, 1.82) is 5.26 Å². The zero-order valence-corrected chi connectivity index (χ0v) is 6.27. The first-order valence-electron chi connectivity index (χ1n) is 2.01. The Kier molecular flexibility index (Phi) is 7.21. The first kappa shape index (κ1) is 11.4. The molecule has 9 heavy (non-hydrogen) atoms. The van der Waals surface area contributed by atoms with Crippen molar-refractivity contribution in [2.45, 2.75) is 19.4 Å². The average molecular weight is 172 g/mol. The summed E-state index contributed by atoms with van der Waals surface area (Å²) in [6, 6.07) is 1.66. The normalized spacial score (nSPS) is 8.22. The summed E-state index contributed by atoms with van der Waals surface area (Å²) in [6.45, 7) is 2.88. The zero-order chi connectivity index (χ0) is 7.91. The molecule has 0 aromatic heterocycles. The molecule has 5 heteroatoms. The molecule has 0 bridgehead atoms. The summed E-state index contributed by atoms with van der Waals surface area (Å²) in [5, 5.41) is 16.4. The third-order valence-corrected chi connectivity index (χ3v) is 0.274. The standard InChI is InChI=1S/C4H7NO.Mn.2O/c1-4(2,6)3-5;;;/h6H,1-2H3;;;. The fourth-order valence-electron chi connectivity index (χ4n) is 0. The molecule has 0 spiro atoms. The molecule has 4 nitrogen and oxygen atoms in total. The van der Waals surface area contributed by atoms with Crippen molar-refractivity contribution >= 4 is 0 Å². The fourth-order valence-corrected chi connectivity index (χ4v) is 0. The van der Waals surface area contributed by atoms with Gasteiger partial charge in [0.15, 0.2) is 0 Å². The molecule has 0 saturated carbocycles. The minimum absolute atomic E-state index is 1.15. The zero-order valence-electron chi connectivity index (χ0n) is 5.09. The molecule has 0 rings (SSSR count). The summed E-state index contributed by atoms with van der Waals surface area (Å²) in [6.07, 6.45) is 0. The van der Waals surface area contributed by atoms with Crippen LogP contribution in [0.1, 0.15) is 13.8 Å². The van der Waals surface area contributed by atoms with Gasteiger partial charge in [-0.15, -0.1) is 0 Å². The van der Waals surface area contributed by atoms with Crippen LogP contribution in [-0.4, -0.2) is 10.7 Å². The second kappa shape index (κ2) is 5.70. The van der Waals surface area contributed by atoms with Gasteiger partial charge in [-0.05, 0) is 13.8 Å². The van der Waals surface area contributed by atoms with Gasteiger partial charge >= 0.3 is 22.5 Å². The van der Waals surface area contributed by atoms with Crippen LogP contribution in [0, 0.1) is 11.3 Å². The van der Waals surface area contributed by atoms with E-state index in [9.17, 15) is 0 Å². The Bertz CT molecular complexity index is 137. The molecule has 0 unspecified atom stereocenters. The van der Waals surface area contributed by atoms with Gasteiger partial charge in [-0.2, -0.15) is 5.26 Å². The predicted octanol–water partition coefficient (Wildman–Crippen LogP) is 0.0408. The average Bonchev–Trinajstić information content (AvgIpc) is 1.67. The minimum atomic E-state index is -1.44. The van der Waals surface area contributed by atoms with Crippen molar-refractivity contribution in [3.8, 4) is 6.07 Å². The number of hydrogen-bond donors (Lipinski definition) is 1. The molecule has 0 saturated heterocycles. The molecule has 0 fully saturated rings. The third kappa shape index (κ3) is 35.6. The Labute approximate surface area is 59.0 Å². The summed E-state index contributed by atoms with van der Waals surface area (Å²) in [4.78, 5) is 0. The molecule has 0 aliphatic heterocycles. The number of aliphatic hydroxyl groups is 1. The van der Waals surface area contributed by atoms with E-state index >= 15 is 0 Å². The van der Waals surface area contributed by atoms with Crippen molar-refractivity contribution in [3.63, 3.8) is 0 Å². The van der Waals surface area contributed by atoms with E-state index in [1.807, 2.05) is 0 Å². The van der Waals surface area contributed by atoms with E-state index in [0.29, 0.717) is 0 Å². The van der Waals surface area contributed by atoms with E-state index < -0.39 is 20.4 Å². The second-order valence-corrected chi connectivity index (χ2v) is 1.93. The van der Waals surface area contributed by atoms with E-state index in [1.165, 1.54) is 13.8 Å². The fraction of sp³-hybridized carbons (Fsp3) is 0.750. The topological polar surface area (TPSA) is 78.2 Å². The van der Waals surface area contributed by atoms with Crippen molar-refractivity contribution in [2.24, 2.45) is 0 Å². The summed E-state index contributed by atoms with van der Waals surface area (Å²) in [5.41, 5.74) is -1.15. The van der Waals surface area contributed by atoms with Crippen LogP contribution < -0.4 is 0 Å². The molecule has 53 valence electrons. The van der Waals surface area contributed by atoms with Crippen LogP contribution in [0.25, 0.3) is 0 Å². The van der Waals surface area contributed by atoms with Crippen molar-refractivity contribution in [1.82, 2.24) is 0 Å². The molecule has 0 heterocycles. The van der Waals surface area contributed by atoms with Gasteiger partial charge in [0.2, 0.25) is 0 Å². The SMILES string of the molecule is CC(C)(O)C#N.[O]=[Mn]=[O]. The Morgan fingerprint density at radius 3 is 1.67 bits per heavy atom. The molecular formula is C4H7MnNO3. The van der Waals surface area contributed by atoms with Crippen LogP contribution in [-0.2, 0) is 22.5 Å². The summed E-state index contributed by atoms with van der Waals surface area (Å²) in [5.74, 6) is 0. The van der Waals surface area contributed by atoms with Crippen LogP contribution in [0.2, 0.25) is 0 Å². The molecule has 0 atom stereocenters. The first-order chi connectivity index (χ1) is 3.97. The van der Waals surface area contributed by atoms with Crippen LogP contribution in [0.3, 0.4) is 0 Å². The monoisotopic (exact) mass is 172 g/mol. The maximum atomic E-state index is 8.47. The van der Waals surface area contributed by atoms with Gasteiger partial charge in [0.25, 0.3) is 0 Å². The van der Waals surface area contributed by atoms with Crippen molar-refractivity contribution < 1.29 is 27.6 Å². The van der Waals surface area contributed by atoms with Crippen LogP contribution in [0.4, 0.5) is 0 Å². The summed E-state index contributed by atoms with van der Waals surface area (Å²) in [7, 11) is 0. The number of nitriles is 1. The molecular weight excluding hydrogens is 165 g/mol. The molecule has 0 aromatic carbocycles. The Balaban J connectivity index is 0. The molecule has 0 radical (unpaired) electrons. The molecule has 0 aromatic rings. The van der Waals surface area contributed by atoms with Gasteiger partial charge in [0.05, 0.1) is 6.07 Å². The van der Waals surface area contributed by atoms with Crippen LogP contribution >= 0.6 is 0 Å². The van der Waals surface area contributed by atoms with E-state index in [1.54, 1.807) is 6.07 Å². The van der Waals surface area contributed by atoms with E-state index in [2.05, 4.69) is 0 Å².